The molecular formula is C15H13BrClN3O2. The summed E-state index contributed by atoms with van der Waals surface area (Å²) in [5.74, 6) is -0.300. The number of hydrogen-bond donors (Lipinski definition) is 3. The van der Waals surface area contributed by atoms with Crippen LogP contribution < -0.4 is 10.7 Å². The van der Waals surface area contributed by atoms with Gasteiger partial charge in [0.2, 0.25) is 0 Å². The zero-order valence-corrected chi connectivity index (χ0v) is 13.7. The first-order valence-electron chi connectivity index (χ1n) is 6.35. The summed E-state index contributed by atoms with van der Waals surface area (Å²) in [6.07, 6.45) is 1.33. The smallest absolute Gasteiger partial charge is 0.259 e. The number of nitrogens with zero attached hydrogens (tertiary/aromatic N) is 1. The van der Waals surface area contributed by atoms with Crippen molar-refractivity contribution in [3.05, 3.63) is 57.5 Å². The van der Waals surface area contributed by atoms with Crippen molar-refractivity contribution >= 4 is 45.3 Å². The highest BCUT2D eigenvalue weighted by molar-refractivity contribution is 9.10. The molecule has 0 radical (unpaired) electrons. The summed E-state index contributed by atoms with van der Waals surface area (Å²) in [6, 6.07) is 12.5. The summed E-state index contributed by atoms with van der Waals surface area (Å²) in [5.41, 5.74) is 3.61. The normalized spacial score (nSPS) is 10.6. The fourth-order valence-electron chi connectivity index (χ4n) is 1.64. The predicted octanol–water partition coefficient (Wildman–Crippen LogP) is 3.37. The number of amides is 1. The molecule has 0 aliphatic carbocycles. The molecule has 3 N–H and O–H groups in total. The highest BCUT2D eigenvalue weighted by Crippen LogP contribution is 2.30. The Labute approximate surface area is 141 Å². The Hall–Kier alpha value is -2.05. The second-order valence-electron chi connectivity index (χ2n) is 4.34. The molecule has 5 nitrogen and oxygen atoms in total. The molecule has 0 saturated carbocycles. The minimum Gasteiger partial charge on any atom is -0.506 e. The number of hydrogen-bond acceptors (Lipinski definition) is 4. The van der Waals surface area contributed by atoms with Gasteiger partial charge in [-0.2, -0.15) is 5.10 Å². The van der Waals surface area contributed by atoms with Crippen LogP contribution in [-0.4, -0.2) is 23.8 Å². The molecule has 1 amide bonds. The second-order valence-corrected chi connectivity index (χ2v) is 5.63. The highest BCUT2D eigenvalue weighted by atomic mass is 79.9. The molecule has 0 aromatic heterocycles. The standard InChI is InChI=1S/C15H13BrClN3O2/c16-13-7-11(17)6-10(15(13)22)8-19-20-14(21)9-18-12-4-2-1-3-5-12/h1-8,18,22H,9H2,(H,20,21)/b19-8-. The number of benzene rings is 2. The lowest BCUT2D eigenvalue weighted by atomic mass is 10.2. The maximum atomic E-state index is 11.6. The Morgan fingerprint density at radius 3 is 2.77 bits per heavy atom. The van der Waals surface area contributed by atoms with E-state index in [4.69, 9.17) is 11.6 Å². The Morgan fingerprint density at radius 1 is 1.32 bits per heavy atom. The van der Waals surface area contributed by atoms with Crippen LogP contribution >= 0.6 is 27.5 Å². The minimum absolute atomic E-state index is 0.00445. The molecule has 22 heavy (non-hydrogen) atoms. The topological polar surface area (TPSA) is 73.7 Å². The number of para-hydroxylation sites is 1. The average molecular weight is 383 g/mol. The van der Waals surface area contributed by atoms with Crippen LogP contribution in [0, 0.1) is 0 Å². The number of carbonyl (C=O) groups is 1. The molecule has 0 unspecified atom stereocenters. The molecule has 0 bridgehead atoms. The van der Waals surface area contributed by atoms with Gasteiger partial charge in [-0.25, -0.2) is 5.43 Å². The highest BCUT2D eigenvalue weighted by Gasteiger charge is 2.05. The number of phenolic OH excluding ortho intramolecular Hbond substituents is 1. The summed E-state index contributed by atoms with van der Waals surface area (Å²) < 4.78 is 0.457. The summed E-state index contributed by atoms with van der Waals surface area (Å²) >= 11 is 9.06. The Kier molecular flexibility index (Phi) is 5.80. The third-order valence-electron chi connectivity index (χ3n) is 2.68. The van der Waals surface area contributed by atoms with Crippen LogP contribution in [0.25, 0.3) is 0 Å². The Morgan fingerprint density at radius 2 is 2.05 bits per heavy atom. The maximum Gasteiger partial charge on any atom is 0.259 e. The molecule has 0 aliphatic heterocycles. The Bertz CT molecular complexity index is 693. The predicted molar refractivity (Wildman–Crippen MR) is 91.5 cm³/mol. The second kappa shape index (κ2) is 7.82. The van der Waals surface area contributed by atoms with Gasteiger partial charge in [0.1, 0.15) is 5.75 Å². The molecule has 0 saturated heterocycles. The lowest BCUT2D eigenvalue weighted by Crippen LogP contribution is -2.25. The van der Waals surface area contributed by atoms with E-state index >= 15 is 0 Å². The van der Waals surface area contributed by atoms with Crippen molar-refractivity contribution in [1.82, 2.24) is 5.43 Å². The first kappa shape index (κ1) is 16.3. The lowest BCUT2D eigenvalue weighted by Gasteiger charge is -2.05. The number of aromatic hydroxyl groups is 1. The number of phenols is 1. The van der Waals surface area contributed by atoms with E-state index in [2.05, 4.69) is 31.8 Å². The van der Waals surface area contributed by atoms with Crippen LogP contribution in [0.4, 0.5) is 5.69 Å². The minimum atomic E-state index is -0.305. The summed E-state index contributed by atoms with van der Waals surface area (Å²) in [4.78, 5) is 11.6. The number of carbonyl (C=O) groups excluding carboxylic acids is 1. The van der Waals surface area contributed by atoms with Crippen LogP contribution in [0.15, 0.2) is 52.0 Å². The van der Waals surface area contributed by atoms with E-state index in [1.54, 1.807) is 12.1 Å². The van der Waals surface area contributed by atoms with Crippen molar-refractivity contribution in [2.75, 3.05) is 11.9 Å². The number of hydrazone groups is 1. The molecule has 2 rings (SSSR count). The quantitative estimate of drug-likeness (QED) is 0.548. The zero-order chi connectivity index (χ0) is 15.9. The van der Waals surface area contributed by atoms with E-state index in [-0.39, 0.29) is 18.2 Å². The van der Waals surface area contributed by atoms with Gasteiger partial charge in [-0.15, -0.1) is 0 Å². The fraction of sp³-hybridized carbons (Fsp3) is 0.0667. The van der Waals surface area contributed by atoms with Crippen molar-refractivity contribution in [2.45, 2.75) is 0 Å². The van der Waals surface area contributed by atoms with Gasteiger partial charge in [0.25, 0.3) is 5.91 Å². The van der Waals surface area contributed by atoms with Crippen molar-refractivity contribution in [3.8, 4) is 5.75 Å². The third-order valence-corrected chi connectivity index (χ3v) is 3.50. The molecule has 7 heteroatoms. The van der Waals surface area contributed by atoms with E-state index in [1.807, 2.05) is 30.3 Å². The molecule has 2 aromatic carbocycles. The molecule has 0 spiro atoms. The fourth-order valence-corrected chi connectivity index (χ4v) is 2.47. The molecular weight excluding hydrogens is 370 g/mol. The number of nitrogens with one attached hydrogen (secondary N) is 2. The molecule has 2 aromatic rings. The van der Waals surface area contributed by atoms with Crippen LogP contribution in [0.2, 0.25) is 5.02 Å². The van der Waals surface area contributed by atoms with Gasteiger partial charge >= 0.3 is 0 Å². The SMILES string of the molecule is O=C(CNc1ccccc1)N/N=C\c1cc(Cl)cc(Br)c1O. The Balaban J connectivity index is 1.88. The summed E-state index contributed by atoms with van der Waals surface area (Å²) in [5, 5.41) is 17.0. The van der Waals surface area contributed by atoms with Crippen molar-refractivity contribution < 1.29 is 9.90 Å². The molecule has 0 heterocycles. The largest absolute Gasteiger partial charge is 0.506 e. The van der Waals surface area contributed by atoms with Crippen molar-refractivity contribution in [3.63, 3.8) is 0 Å². The first-order valence-corrected chi connectivity index (χ1v) is 7.52. The van der Waals surface area contributed by atoms with E-state index in [1.165, 1.54) is 6.21 Å². The lowest BCUT2D eigenvalue weighted by molar-refractivity contribution is -0.119. The zero-order valence-electron chi connectivity index (χ0n) is 11.4. The molecule has 0 aliphatic rings. The number of halogens is 2. The van der Waals surface area contributed by atoms with E-state index in [0.29, 0.717) is 15.1 Å². The first-order chi connectivity index (χ1) is 10.6. The van der Waals surface area contributed by atoms with E-state index in [0.717, 1.165) is 5.69 Å². The van der Waals surface area contributed by atoms with Gasteiger partial charge < -0.3 is 10.4 Å². The molecule has 0 fully saturated rings. The van der Waals surface area contributed by atoms with Gasteiger partial charge in [0.05, 0.1) is 17.2 Å². The van der Waals surface area contributed by atoms with Crippen LogP contribution in [0.3, 0.4) is 0 Å². The van der Waals surface area contributed by atoms with E-state index < -0.39 is 0 Å². The third kappa shape index (κ3) is 4.75. The van der Waals surface area contributed by atoms with Gasteiger partial charge in [-0.3, -0.25) is 4.79 Å². The van der Waals surface area contributed by atoms with Crippen LogP contribution in [0.5, 0.6) is 5.75 Å². The van der Waals surface area contributed by atoms with Crippen LogP contribution in [0.1, 0.15) is 5.56 Å². The van der Waals surface area contributed by atoms with Gasteiger partial charge in [0, 0.05) is 16.3 Å². The van der Waals surface area contributed by atoms with Gasteiger partial charge in [0.15, 0.2) is 0 Å². The number of rotatable bonds is 5. The molecule has 0 atom stereocenters. The average Bonchev–Trinajstić information content (AvgIpc) is 2.51. The van der Waals surface area contributed by atoms with E-state index in [9.17, 15) is 9.90 Å². The summed E-state index contributed by atoms with van der Waals surface area (Å²) in [7, 11) is 0. The monoisotopic (exact) mass is 381 g/mol. The van der Waals surface area contributed by atoms with Crippen LogP contribution in [-0.2, 0) is 4.79 Å². The number of anilines is 1. The summed E-state index contributed by atoms with van der Waals surface area (Å²) in [6.45, 7) is 0.0899. The maximum absolute atomic E-state index is 11.6. The molecule has 114 valence electrons. The van der Waals surface area contributed by atoms with Gasteiger partial charge in [-0.1, -0.05) is 29.8 Å². The van der Waals surface area contributed by atoms with Gasteiger partial charge in [-0.05, 0) is 40.2 Å². The van der Waals surface area contributed by atoms with Crippen molar-refractivity contribution in [1.29, 1.82) is 0 Å². The van der Waals surface area contributed by atoms with Crippen molar-refractivity contribution in [2.24, 2.45) is 5.10 Å².